The first-order valence-electron chi connectivity index (χ1n) is 8.39. The second-order valence-electron chi connectivity index (χ2n) is 7.57. The Balaban J connectivity index is 1.80. The van der Waals surface area contributed by atoms with Gasteiger partial charge in [0.2, 0.25) is 5.91 Å². The van der Waals surface area contributed by atoms with Crippen molar-refractivity contribution >= 4 is 21.4 Å². The zero-order chi connectivity index (χ0) is 18.0. The fourth-order valence-corrected chi connectivity index (χ4v) is 4.64. The van der Waals surface area contributed by atoms with Gasteiger partial charge in [0.15, 0.2) is 9.84 Å². The predicted molar refractivity (Wildman–Crippen MR) is 98.1 cm³/mol. The lowest BCUT2D eigenvalue weighted by molar-refractivity contribution is -0.131. The summed E-state index contributed by atoms with van der Waals surface area (Å²) in [6.45, 7) is 7.06. The normalized spacial score (nSPS) is 19.9. The Morgan fingerprint density at radius 2 is 1.88 bits per heavy atom. The van der Waals surface area contributed by atoms with Crippen molar-refractivity contribution in [3.8, 4) is 0 Å². The molecule has 1 aromatic carbocycles. The Kier molecular flexibility index (Phi) is 5.58. The highest BCUT2D eigenvalue weighted by atomic mass is 32.2. The average molecular weight is 353 g/mol. The highest BCUT2D eigenvalue weighted by Gasteiger charge is 2.32. The first-order valence-corrected chi connectivity index (χ1v) is 10.2. The molecule has 1 aliphatic heterocycles. The van der Waals surface area contributed by atoms with E-state index in [2.05, 4.69) is 38.2 Å². The van der Waals surface area contributed by atoms with Gasteiger partial charge < -0.3 is 10.2 Å². The number of nitrogens with one attached hydrogen (secondary N) is 1. The van der Waals surface area contributed by atoms with E-state index in [9.17, 15) is 13.2 Å². The molecule has 1 unspecified atom stereocenters. The van der Waals surface area contributed by atoms with Crippen LogP contribution in [0.4, 0.5) is 5.69 Å². The molecule has 0 saturated carbocycles. The van der Waals surface area contributed by atoms with Crippen LogP contribution in [0.25, 0.3) is 0 Å². The van der Waals surface area contributed by atoms with Crippen molar-refractivity contribution in [3.63, 3.8) is 0 Å². The van der Waals surface area contributed by atoms with Gasteiger partial charge in [-0.05, 0) is 29.5 Å². The summed E-state index contributed by atoms with van der Waals surface area (Å²) in [6.07, 6.45) is 0.903. The van der Waals surface area contributed by atoms with Crippen LogP contribution in [-0.4, -0.2) is 50.4 Å². The lowest BCUT2D eigenvalue weighted by atomic mass is 9.87. The van der Waals surface area contributed by atoms with Gasteiger partial charge in [0, 0.05) is 31.7 Å². The van der Waals surface area contributed by atoms with Gasteiger partial charge in [0.25, 0.3) is 0 Å². The fraction of sp³-hybridized carbons (Fsp3) is 0.611. The van der Waals surface area contributed by atoms with E-state index in [1.165, 1.54) is 5.56 Å². The third-order valence-corrected chi connectivity index (χ3v) is 6.32. The molecular weight excluding hydrogens is 324 g/mol. The van der Waals surface area contributed by atoms with Gasteiger partial charge >= 0.3 is 0 Å². The van der Waals surface area contributed by atoms with Gasteiger partial charge in [0.1, 0.15) is 0 Å². The van der Waals surface area contributed by atoms with Crippen LogP contribution < -0.4 is 5.32 Å². The Hall–Kier alpha value is -1.56. The molecule has 24 heavy (non-hydrogen) atoms. The summed E-state index contributed by atoms with van der Waals surface area (Å²) >= 11 is 0. The molecule has 1 heterocycles. The number of amides is 1. The number of carbonyl (C=O) groups excluding carboxylic acids is 1. The Labute approximate surface area is 145 Å². The summed E-state index contributed by atoms with van der Waals surface area (Å²) in [7, 11) is -1.26. The maximum absolute atomic E-state index is 12.2. The maximum Gasteiger partial charge on any atom is 0.224 e. The number of rotatable bonds is 5. The molecule has 1 saturated heterocycles. The van der Waals surface area contributed by atoms with E-state index >= 15 is 0 Å². The standard InChI is InChI=1S/C18H28N2O3S/c1-18(2,3)14-5-7-15(8-6-14)19-11-9-17(21)20(4)16-10-12-24(22,23)13-16/h5-8,16,19H,9-13H2,1-4H3. The molecule has 1 fully saturated rings. The molecular formula is C18H28N2O3S. The van der Waals surface area contributed by atoms with Crippen molar-refractivity contribution in [2.24, 2.45) is 0 Å². The molecule has 134 valence electrons. The Morgan fingerprint density at radius 3 is 2.38 bits per heavy atom. The summed E-state index contributed by atoms with van der Waals surface area (Å²) in [4.78, 5) is 13.8. The van der Waals surface area contributed by atoms with Crippen molar-refractivity contribution in [3.05, 3.63) is 29.8 Å². The van der Waals surface area contributed by atoms with Gasteiger partial charge in [-0.1, -0.05) is 32.9 Å². The minimum Gasteiger partial charge on any atom is -0.385 e. The monoisotopic (exact) mass is 352 g/mol. The lowest BCUT2D eigenvalue weighted by Gasteiger charge is -2.23. The highest BCUT2D eigenvalue weighted by molar-refractivity contribution is 7.91. The zero-order valence-corrected chi connectivity index (χ0v) is 15.8. The van der Waals surface area contributed by atoms with Gasteiger partial charge in [-0.3, -0.25) is 4.79 Å². The van der Waals surface area contributed by atoms with Crippen molar-refractivity contribution in [2.45, 2.75) is 45.1 Å². The van der Waals surface area contributed by atoms with E-state index in [1.54, 1.807) is 11.9 Å². The minimum absolute atomic E-state index is 0.0177. The van der Waals surface area contributed by atoms with Crippen LogP contribution in [0.5, 0.6) is 0 Å². The van der Waals surface area contributed by atoms with E-state index < -0.39 is 9.84 Å². The topological polar surface area (TPSA) is 66.5 Å². The van der Waals surface area contributed by atoms with Gasteiger partial charge in [-0.25, -0.2) is 8.42 Å². The lowest BCUT2D eigenvalue weighted by Crippen LogP contribution is -2.38. The number of anilines is 1. The van der Waals surface area contributed by atoms with E-state index in [0.29, 0.717) is 19.4 Å². The van der Waals surface area contributed by atoms with Crippen molar-refractivity contribution in [1.29, 1.82) is 0 Å². The average Bonchev–Trinajstić information content (AvgIpc) is 2.86. The molecule has 0 aromatic heterocycles. The van der Waals surface area contributed by atoms with Crippen LogP contribution in [-0.2, 0) is 20.0 Å². The summed E-state index contributed by atoms with van der Waals surface area (Å²) < 4.78 is 23.0. The molecule has 5 nitrogen and oxygen atoms in total. The zero-order valence-electron chi connectivity index (χ0n) is 15.0. The second kappa shape index (κ2) is 7.13. The number of carbonyl (C=O) groups is 1. The number of nitrogens with zero attached hydrogens (tertiary/aromatic N) is 1. The number of sulfone groups is 1. The van der Waals surface area contributed by atoms with E-state index in [0.717, 1.165) is 5.69 Å². The number of hydrogen-bond donors (Lipinski definition) is 1. The molecule has 1 N–H and O–H groups in total. The highest BCUT2D eigenvalue weighted by Crippen LogP contribution is 2.23. The first kappa shape index (κ1) is 18.8. The molecule has 1 aliphatic rings. The molecule has 0 radical (unpaired) electrons. The van der Waals surface area contributed by atoms with E-state index in [4.69, 9.17) is 0 Å². The van der Waals surface area contributed by atoms with E-state index in [1.807, 2.05) is 12.1 Å². The largest absolute Gasteiger partial charge is 0.385 e. The minimum atomic E-state index is -2.96. The van der Waals surface area contributed by atoms with Crippen LogP contribution >= 0.6 is 0 Å². The van der Waals surface area contributed by atoms with Gasteiger partial charge in [-0.2, -0.15) is 0 Å². The molecule has 1 atom stereocenters. The molecule has 6 heteroatoms. The van der Waals surface area contributed by atoms with Gasteiger partial charge in [0.05, 0.1) is 11.5 Å². The molecule has 1 aromatic rings. The molecule has 0 bridgehead atoms. The Bertz CT molecular complexity index is 675. The third-order valence-electron chi connectivity index (χ3n) is 4.57. The summed E-state index contributed by atoms with van der Waals surface area (Å²) in [6, 6.07) is 8.07. The maximum atomic E-state index is 12.2. The quantitative estimate of drug-likeness (QED) is 0.884. The summed E-state index contributed by atoms with van der Waals surface area (Å²) in [5, 5.41) is 3.25. The van der Waals surface area contributed by atoms with Crippen LogP contribution in [0.3, 0.4) is 0 Å². The van der Waals surface area contributed by atoms with Crippen LogP contribution in [0, 0.1) is 0 Å². The fourth-order valence-electron chi connectivity index (χ4n) is 2.86. The summed E-state index contributed by atoms with van der Waals surface area (Å²) in [5.74, 6) is 0.265. The number of benzene rings is 1. The Morgan fingerprint density at radius 1 is 1.25 bits per heavy atom. The smallest absolute Gasteiger partial charge is 0.224 e. The third kappa shape index (κ3) is 4.97. The molecule has 0 spiro atoms. The summed E-state index contributed by atoms with van der Waals surface area (Å²) in [5.41, 5.74) is 2.38. The first-order chi connectivity index (χ1) is 11.1. The number of hydrogen-bond acceptors (Lipinski definition) is 4. The van der Waals surface area contributed by atoms with Crippen LogP contribution in [0.2, 0.25) is 0 Å². The van der Waals surface area contributed by atoms with Gasteiger partial charge in [-0.15, -0.1) is 0 Å². The van der Waals surface area contributed by atoms with Crippen LogP contribution in [0.15, 0.2) is 24.3 Å². The van der Waals surface area contributed by atoms with Crippen molar-refractivity contribution in [1.82, 2.24) is 4.90 Å². The van der Waals surface area contributed by atoms with Crippen LogP contribution in [0.1, 0.15) is 39.2 Å². The molecule has 0 aliphatic carbocycles. The van der Waals surface area contributed by atoms with E-state index in [-0.39, 0.29) is 28.9 Å². The predicted octanol–water partition coefficient (Wildman–Crippen LogP) is 2.43. The SMILES string of the molecule is CN(C(=O)CCNc1ccc(C(C)(C)C)cc1)C1CCS(=O)(=O)C1. The van der Waals surface area contributed by atoms with Crippen molar-refractivity contribution < 1.29 is 13.2 Å². The molecule has 2 rings (SSSR count). The van der Waals surface area contributed by atoms with Crippen molar-refractivity contribution in [2.75, 3.05) is 30.4 Å². The second-order valence-corrected chi connectivity index (χ2v) is 9.79. The molecule has 1 amide bonds.